The van der Waals surface area contributed by atoms with Crippen LogP contribution >= 0.6 is 11.6 Å². The predicted molar refractivity (Wildman–Crippen MR) is 117 cm³/mol. The van der Waals surface area contributed by atoms with Crippen molar-refractivity contribution in [3.05, 3.63) is 101 Å². The molecule has 5 nitrogen and oxygen atoms in total. The van der Waals surface area contributed by atoms with E-state index >= 15 is 0 Å². The molecular weight excluding hydrogens is 403 g/mol. The summed E-state index contributed by atoms with van der Waals surface area (Å²) in [4.78, 5) is 21.0. The second-order valence-electron chi connectivity index (χ2n) is 6.44. The third-order valence-electron chi connectivity index (χ3n) is 4.24. The van der Waals surface area contributed by atoms with Crippen LogP contribution < -0.4 is 10.6 Å². The second kappa shape index (κ2) is 8.71. The van der Waals surface area contributed by atoms with E-state index in [-0.39, 0.29) is 11.7 Å². The number of rotatable bonds is 5. The van der Waals surface area contributed by atoms with Gasteiger partial charge in [-0.25, -0.2) is 14.4 Å². The van der Waals surface area contributed by atoms with E-state index in [1.807, 2.05) is 0 Å². The van der Waals surface area contributed by atoms with Crippen LogP contribution in [0.15, 0.2) is 85.1 Å². The number of hydrogen-bond donors (Lipinski definition) is 2. The Bertz CT molecular complexity index is 1200. The molecule has 0 aliphatic carbocycles. The van der Waals surface area contributed by atoms with Crippen molar-refractivity contribution in [2.75, 3.05) is 10.6 Å². The lowest BCUT2D eigenvalue weighted by atomic mass is 10.2. The monoisotopic (exact) mass is 418 g/mol. The molecule has 7 heteroatoms. The van der Waals surface area contributed by atoms with Crippen molar-refractivity contribution in [2.24, 2.45) is 0 Å². The standard InChI is InChI=1S/C23H16ClFN4O/c24-17-4-2-6-20(14-17)28-23(30)15-7-9-19(10-8-15)27-21-11-12-26-22(29-21)16-3-1-5-18(25)13-16/h1-14H,(H,28,30)(H,26,27,29). The van der Waals surface area contributed by atoms with Crippen LogP contribution in [0.2, 0.25) is 5.02 Å². The van der Waals surface area contributed by atoms with Crippen molar-refractivity contribution in [3.63, 3.8) is 0 Å². The normalized spacial score (nSPS) is 10.5. The van der Waals surface area contributed by atoms with Crippen LogP contribution in [0.5, 0.6) is 0 Å². The van der Waals surface area contributed by atoms with Crippen molar-refractivity contribution in [1.29, 1.82) is 0 Å². The first-order valence-electron chi connectivity index (χ1n) is 9.10. The summed E-state index contributed by atoms with van der Waals surface area (Å²) in [7, 11) is 0. The molecule has 3 aromatic carbocycles. The molecule has 0 fully saturated rings. The molecule has 0 unspecified atom stereocenters. The van der Waals surface area contributed by atoms with Gasteiger partial charge in [0.15, 0.2) is 5.82 Å². The van der Waals surface area contributed by atoms with Gasteiger partial charge in [-0.15, -0.1) is 0 Å². The summed E-state index contributed by atoms with van der Waals surface area (Å²) in [6, 6.07) is 21.7. The van der Waals surface area contributed by atoms with Crippen LogP contribution in [0.1, 0.15) is 10.4 Å². The zero-order valence-electron chi connectivity index (χ0n) is 15.6. The van der Waals surface area contributed by atoms with Crippen molar-refractivity contribution < 1.29 is 9.18 Å². The fraction of sp³-hybridized carbons (Fsp3) is 0. The summed E-state index contributed by atoms with van der Waals surface area (Å²) in [5.74, 6) is 0.387. The molecular formula is C23H16ClFN4O. The van der Waals surface area contributed by atoms with Gasteiger partial charge in [0.1, 0.15) is 11.6 Å². The van der Waals surface area contributed by atoms with E-state index < -0.39 is 0 Å². The molecule has 2 N–H and O–H groups in total. The van der Waals surface area contributed by atoms with Gasteiger partial charge in [0.25, 0.3) is 5.91 Å². The summed E-state index contributed by atoms with van der Waals surface area (Å²) in [5.41, 5.74) is 2.47. The van der Waals surface area contributed by atoms with Crippen molar-refractivity contribution in [2.45, 2.75) is 0 Å². The summed E-state index contributed by atoms with van der Waals surface area (Å²) >= 11 is 5.94. The number of nitrogens with zero attached hydrogens (tertiary/aromatic N) is 2. The highest BCUT2D eigenvalue weighted by Gasteiger charge is 2.08. The summed E-state index contributed by atoms with van der Waals surface area (Å²) in [6.45, 7) is 0. The molecule has 1 amide bonds. The van der Waals surface area contributed by atoms with E-state index in [1.54, 1.807) is 72.9 Å². The van der Waals surface area contributed by atoms with Gasteiger partial charge in [0, 0.05) is 33.7 Å². The Kier molecular flexibility index (Phi) is 5.68. The van der Waals surface area contributed by atoms with Crippen LogP contribution in [0.25, 0.3) is 11.4 Å². The van der Waals surface area contributed by atoms with Crippen LogP contribution in [0.4, 0.5) is 21.6 Å². The largest absolute Gasteiger partial charge is 0.340 e. The fourth-order valence-electron chi connectivity index (χ4n) is 2.82. The van der Waals surface area contributed by atoms with Gasteiger partial charge in [-0.05, 0) is 60.7 Å². The number of anilines is 3. The maximum Gasteiger partial charge on any atom is 0.255 e. The molecule has 30 heavy (non-hydrogen) atoms. The summed E-state index contributed by atoms with van der Waals surface area (Å²) in [5, 5.41) is 6.51. The van der Waals surface area contributed by atoms with Crippen LogP contribution in [0.3, 0.4) is 0 Å². The zero-order chi connectivity index (χ0) is 20.9. The molecule has 0 saturated heterocycles. The number of halogens is 2. The topological polar surface area (TPSA) is 66.9 Å². The van der Waals surface area contributed by atoms with Gasteiger partial charge in [0.05, 0.1) is 0 Å². The SMILES string of the molecule is O=C(Nc1cccc(Cl)c1)c1ccc(Nc2ccnc(-c3cccc(F)c3)n2)cc1. The van der Waals surface area contributed by atoms with Crippen LogP contribution in [-0.4, -0.2) is 15.9 Å². The summed E-state index contributed by atoms with van der Waals surface area (Å²) < 4.78 is 13.5. The molecule has 0 aliphatic heterocycles. The first-order chi connectivity index (χ1) is 14.6. The van der Waals surface area contributed by atoms with Crippen molar-refractivity contribution >= 4 is 34.7 Å². The third kappa shape index (κ3) is 4.79. The molecule has 0 saturated carbocycles. The van der Waals surface area contributed by atoms with E-state index in [9.17, 15) is 9.18 Å². The molecule has 0 bridgehead atoms. The third-order valence-corrected chi connectivity index (χ3v) is 4.48. The van der Waals surface area contributed by atoms with Gasteiger partial charge in [-0.3, -0.25) is 4.79 Å². The van der Waals surface area contributed by atoms with Gasteiger partial charge in [-0.2, -0.15) is 0 Å². The van der Waals surface area contributed by atoms with Gasteiger partial charge in [0.2, 0.25) is 0 Å². The van der Waals surface area contributed by atoms with Crippen molar-refractivity contribution in [3.8, 4) is 11.4 Å². The number of nitrogens with one attached hydrogen (secondary N) is 2. The van der Waals surface area contributed by atoms with Gasteiger partial charge >= 0.3 is 0 Å². The van der Waals surface area contributed by atoms with E-state index in [1.165, 1.54) is 12.1 Å². The highest BCUT2D eigenvalue weighted by atomic mass is 35.5. The lowest BCUT2D eigenvalue weighted by molar-refractivity contribution is 0.102. The second-order valence-corrected chi connectivity index (χ2v) is 6.88. The number of aromatic nitrogens is 2. The lowest BCUT2D eigenvalue weighted by Crippen LogP contribution is -2.11. The molecule has 0 radical (unpaired) electrons. The Morgan fingerprint density at radius 3 is 2.47 bits per heavy atom. The average molecular weight is 419 g/mol. The minimum Gasteiger partial charge on any atom is -0.340 e. The highest BCUT2D eigenvalue weighted by Crippen LogP contribution is 2.21. The molecule has 0 spiro atoms. The van der Waals surface area contributed by atoms with Crippen LogP contribution in [-0.2, 0) is 0 Å². The molecule has 0 aliphatic rings. The molecule has 148 valence electrons. The maximum atomic E-state index is 13.5. The summed E-state index contributed by atoms with van der Waals surface area (Å²) in [6.07, 6.45) is 1.60. The highest BCUT2D eigenvalue weighted by molar-refractivity contribution is 6.31. The minimum atomic E-state index is -0.346. The molecule has 1 heterocycles. The Hall–Kier alpha value is -3.77. The Morgan fingerprint density at radius 1 is 0.900 bits per heavy atom. The fourth-order valence-corrected chi connectivity index (χ4v) is 3.01. The minimum absolute atomic E-state index is 0.237. The predicted octanol–water partition coefficient (Wildman–Crippen LogP) is 5.93. The van der Waals surface area contributed by atoms with Gasteiger partial charge in [-0.1, -0.05) is 29.8 Å². The Balaban J connectivity index is 1.46. The Labute approximate surface area is 177 Å². The first kappa shape index (κ1) is 19.5. The number of carbonyl (C=O) groups excluding carboxylic acids is 1. The smallest absolute Gasteiger partial charge is 0.255 e. The molecule has 1 aromatic heterocycles. The van der Waals surface area contributed by atoms with E-state index in [4.69, 9.17) is 11.6 Å². The lowest BCUT2D eigenvalue weighted by Gasteiger charge is -2.09. The number of amides is 1. The van der Waals surface area contributed by atoms with Crippen LogP contribution in [0, 0.1) is 5.82 Å². The van der Waals surface area contributed by atoms with E-state index in [0.29, 0.717) is 33.5 Å². The van der Waals surface area contributed by atoms with Crippen molar-refractivity contribution in [1.82, 2.24) is 9.97 Å². The van der Waals surface area contributed by atoms with E-state index in [0.717, 1.165) is 5.69 Å². The first-order valence-corrected chi connectivity index (χ1v) is 9.48. The number of benzene rings is 3. The quantitative estimate of drug-likeness (QED) is 0.421. The molecule has 4 aromatic rings. The molecule has 0 atom stereocenters. The van der Waals surface area contributed by atoms with E-state index in [2.05, 4.69) is 20.6 Å². The maximum absolute atomic E-state index is 13.5. The number of hydrogen-bond acceptors (Lipinski definition) is 4. The van der Waals surface area contributed by atoms with Gasteiger partial charge < -0.3 is 10.6 Å². The average Bonchev–Trinajstić information content (AvgIpc) is 2.74. The number of carbonyl (C=O) groups is 1. The zero-order valence-corrected chi connectivity index (χ0v) is 16.4. The molecule has 4 rings (SSSR count). The Morgan fingerprint density at radius 2 is 1.70 bits per heavy atom.